The van der Waals surface area contributed by atoms with Crippen molar-refractivity contribution in [3.8, 4) is 10.7 Å². The maximum Gasteiger partial charge on any atom is 0.332 e. The average molecular weight is 334 g/mol. The third-order valence-electron chi connectivity index (χ3n) is 3.29. The molecule has 3 aromatic heterocycles. The van der Waals surface area contributed by atoms with Crippen LogP contribution in [0.3, 0.4) is 0 Å². The molecule has 0 aliphatic rings. The molecular weight excluding hydrogens is 320 g/mol. The first-order chi connectivity index (χ1) is 10.5. The highest BCUT2D eigenvalue weighted by Gasteiger charge is 2.17. The number of fused-ring (bicyclic) bond motifs is 1. The van der Waals surface area contributed by atoms with Gasteiger partial charge < -0.3 is 0 Å². The number of thiophene rings is 1. The normalized spacial score (nSPS) is 11.2. The highest BCUT2D eigenvalue weighted by atomic mass is 32.2. The Bertz CT molecular complexity index is 958. The molecule has 114 valence electrons. The monoisotopic (exact) mass is 334 g/mol. The van der Waals surface area contributed by atoms with Crippen molar-refractivity contribution in [2.45, 2.75) is 11.9 Å². The first kappa shape index (κ1) is 15.0. The molecule has 0 atom stereocenters. The minimum absolute atomic E-state index is 0.355. The van der Waals surface area contributed by atoms with Gasteiger partial charge in [0.1, 0.15) is 10.4 Å². The van der Waals surface area contributed by atoms with Crippen LogP contribution in [-0.2, 0) is 14.1 Å². The van der Waals surface area contributed by atoms with E-state index in [0.29, 0.717) is 21.9 Å². The zero-order valence-corrected chi connectivity index (χ0v) is 14.0. The van der Waals surface area contributed by atoms with Crippen LogP contribution in [0.2, 0.25) is 0 Å². The topological polar surface area (TPSA) is 69.8 Å². The van der Waals surface area contributed by atoms with Gasteiger partial charge in [0.2, 0.25) is 0 Å². The molecule has 3 aromatic rings. The van der Waals surface area contributed by atoms with Crippen LogP contribution in [0.4, 0.5) is 0 Å². The molecule has 0 N–H and O–H groups in total. The van der Waals surface area contributed by atoms with Crippen molar-refractivity contribution in [1.82, 2.24) is 19.1 Å². The van der Waals surface area contributed by atoms with Gasteiger partial charge in [-0.1, -0.05) is 13.0 Å². The van der Waals surface area contributed by atoms with Gasteiger partial charge >= 0.3 is 5.69 Å². The largest absolute Gasteiger partial charge is 0.332 e. The molecule has 0 amide bonds. The number of nitrogens with zero attached hydrogens (tertiary/aromatic N) is 4. The predicted molar refractivity (Wildman–Crippen MR) is 89.7 cm³/mol. The van der Waals surface area contributed by atoms with Crippen molar-refractivity contribution < 1.29 is 0 Å². The molecule has 0 unspecified atom stereocenters. The van der Waals surface area contributed by atoms with Gasteiger partial charge in [0.25, 0.3) is 5.56 Å². The van der Waals surface area contributed by atoms with E-state index in [2.05, 4.69) is 9.97 Å². The van der Waals surface area contributed by atoms with Crippen LogP contribution in [0.5, 0.6) is 0 Å². The van der Waals surface area contributed by atoms with Crippen molar-refractivity contribution in [3.63, 3.8) is 0 Å². The van der Waals surface area contributed by atoms with E-state index in [1.807, 2.05) is 24.4 Å². The van der Waals surface area contributed by atoms with Crippen LogP contribution >= 0.6 is 23.1 Å². The molecule has 3 rings (SSSR count). The van der Waals surface area contributed by atoms with Gasteiger partial charge in [-0.05, 0) is 17.2 Å². The molecule has 3 heterocycles. The maximum atomic E-state index is 12.5. The van der Waals surface area contributed by atoms with E-state index < -0.39 is 0 Å². The Balaban J connectivity index is 2.47. The van der Waals surface area contributed by atoms with Gasteiger partial charge in [-0.15, -0.1) is 23.1 Å². The second-order valence-corrected chi connectivity index (χ2v) is 6.87. The molecule has 0 aliphatic heterocycles. The van der Waals surface area contributed by atoms with Crippen LogP contribution in [0.25, 0.3) is 21.7 Å². The zero-order chi connectivity index (χ0) is 15.9. The fraction of sp³-hybridized carbons (Fsp3) is 0.286. The number of hydrogen-bond donors (Lipinski definition) is 0. The standard InChI is InChI=1S/C14H14N4O2S2/c1-4-21-12-9-11(17(2)14(20)18(3)13(9)19)15-10(16-12)8-6-5-7-22-8/h5-7H,4H2,1-3H3. The molecular formula is C14H14N4O2S2. The Hall–Kier alpha value is -1.93. The summed E-state index contributed by atoms with van der Waals surface area (Å²) in [5.41, 5.74) is -0.366. The molecule has 8 heteroatoms. The molecule has 0 fully saturated rings. The van der Waals surface area contributed by atoms with Crippen molar-refractivity contribution in [2.24, 2.45) is 14.1 Å². The number of aryl methyl sites for hydroxylation is 1. The zero-order valence-electron chi connectivity index (χ0n) is 12.4. The lowest BCUT2D eigenvalue weighted by atomic mass is 10.3. The molecule has 0 radical (unpaired) electrons. The molecule has 0 aliphatic carbocycles. The fourth-order valence-electron chi connectivity index (χ4n) is 2.19. The maximum absolute atomic E-state index is 12.5. The molecule has 0 bridgehead atoms. The molecule has 0 aromatic carbocycles. The fourth-order valence-corrected chi connectivity index (χ4v) is 3.59. The molecule has 0 spiro atoms. The summed E-state index contributed by atoms with van der Waals surface area (Å²) in [6.07, 6.45) is 0. The summed E-state index contributed by atoms with van der Waals surface area (Å²) in [5.74, 6) is 1.32. The van der Waals surface area contributed by atoms with Crippen LogP contribution in [-0.4, -0.2) is 24.9 Å². The summed E-state index contributed by atoms with van der Waals surface area (Å²) >= 11 is 3.00. The lowest BCUT2D eigenvalue weighted by Gasteiger charge is -2.10. The minimum Gasteiger partial charge on any atom is -0.280 e. The second kappa shape index (κ2) is 5.69. The lowest BCUT2D eigenvalue weighted by molar-refractivity contribution is 0.703. The van der Waals surface area contributed by atoms with E-state index in [9.17, 15) is 9.59 Å². The van der Waals surface area contributed by atoms with E-state index in [-0.39, 0.29) is 11.2 Å². The lowest BCUT2D eigenvalue weighted by Crippen LogP contribution is -2.37. The molecule has 0 saturated carbocycles. The quantitative estimate of drug-likeness (QED) is 0.540. The van der Waals surface area contributed by atoms with Gasteiger partial charge in [-0.25, -0.2) is 14.8 Å². The summed E-state index contributed by atoms with van der Waals surface area (Å²) in [6.45, 7) is 2.00. The summed E-state index contributed by atoms with van der Waals surface area (Å²) in [7, 11) is 3.09. The van der Waals surface area contributed by atoms with Crippen molar-refractivity contribution in [2.75, 3.05) is 5.75 Å². The Morgan fingerprint density at radius 2 is 2.00 bits per heavy atom. The summed E-state index contributed by atoms with van der Waals surface area (Å²) in [6, 6.07) is 3.84. The number of rotatable bonds is 3. The Kier molecular flexibility index (Phi) is 3.88. The highest BCUT2D eigenvalue weighted by Crippen LogP contribution is 2.27. The van der Waals surface area contributed by atoms with E-state index in [4.69, 9.17) is 0 Å². The second-order valence-electron chi connectivity index (χ2n) is 4.67. The first-order valence-corrected chi connectivity index (χ1v) is 8.55. The summed E-state index contributed by atoms with van der Waals surface area (Å²) in [5, 5.41) is 2.96. The van der Waals surface area contributed by atoms with E-state index >= 15 is 0 Å². The van der Waals surface area contributed by atoms with Gasteiger partial charge in [0.05, 0.1) is 4.88 Å². The van der Waals surface area contributed by atoms with Crippen LogP contribution in [0.1, 0.15) is 6.92 Å². The Morgan fingerprint density at radius 3 is 2.64 bits per heavy atom. The summed E-state index contributed by atoms with van der Waals surface area (Å²) < 4.78 is 2.49. The van der Waals surface area contributed by atoms with Gasteiger partial charge in [-0.3, -0.25) is 13.9 Å². The number of aromatic nitrogens is 4. The average Bonchev–Trinajstić information content (AvgIpc) is 3.05. The summed E-state index contributed by atoms with van der Waals surface area (Å²) in [4.78, 5) is 34.5. The SMILES string of the molecule is CCSc1nc(-c2cccs2)nc2c1c(=O)n(C)c(=O)n2C. The highest BCUT2D eigenvalue weighted by molar-refractivity contribution is 7.99. The van der Waals surface area contributed by atoms with Crippen molar-refractivity contribution in [1.29, 1.82) is 0 Å². The van der Waals surface area contributed by atoms with Gasteiger partial charge in [0, 0.05) is 14.1 Å². The molecule has 6 nitrogen and oxygen atoms in total. The van der Waals surface area contributed by atoms with Crippen LogP contribution in [0.15, 0.2) is 32.1 Å². The number of hydrogen-bond acceptors (Lipinski definition) is 6. The molecule has 0 saturated heterocycles. The van der Waals surface area contributed by atoms with E-state index in [1.165, 1.54) is 34.7 Å². The van der Waals surface area contributed by atoms with Crippen molar-refractivity contribution in [3.05, 3.63) is 38.4 Å². The van der Waals surface area contributed by atoms with E-state index in [1.54, 1.807) is 7.05 Å². The van der Waals surface area contributed by atoms with Crippen LogP contribution < -0.4 is 11.2 Å². The first-order valence-electron chi connectivity index (χ1n) is 6.69. The van der Waals surface area contributed by atoms with E-state index in [0.717, 1.165) is 15.2 Å². The van der Waals surface area contributed by atoms with Gasteiger partial charge in [-0.2, -0.15) is 0 Å². The number of thioether (sulfide) groups is 1. The van der Waals surface area contributed by atoms with Gasteiger partial charge in [0.15, 0.2) is 11.5 Å². The Labute approximate surface area is 134 Å². The molecule has 22 heavy (non-hydrogen) atoms. The Morgan fingerprint density at radius 1 is 1.23 bits per heavy atom. The third-order valence-corrected chi connectivity index (χ3v) is 5.01. The van der Waals surface area contributed by atoms with Crippen LogP contribution in [0, 0.1) is 0 Å². The minimum atomic E-state index is -0.388. The van der Waals surface area contributed by atoms with Crippen molar-refractivity contribution >= 4 is 34.1 Å². The predicted octanol–water partition coefficient (Wildman–Crippen LogP) is 1.87. The smallest absolute Gasteiger partial charge is 0.280 e. The third kappa shape index (κ3) is 2.28.